The third-order valence-electron chi connectivity index (χ3n) is 1.63. The molecular weight excluding hydrogens is 140 g/mol. The molecule has 1 aliphatic rings. The third-order valence-corrected chi connectivity index (χ3v) is 1.63. The molecule has 0 bridgehead atoms. The van der Waals surface area contributed by atoms with Gasteiger partial charge in [0.2, 0.25) is 0 Å². The Balaban J connectivity index is 2.09. The average molecular weight is 156 g/mol. The monoisotopic (exact) mass is 156 g/mol. The fraction of sp³-hybridized carbons (Fsp3) is 0.778. The second kappa shape index (κ2) is 5.33. The summed E-state index contributed by atoms with van der Waals surface area (Å²) in [6.07, 6.45) is 7.30. The van der Waals surface area contributed by atoms with E-state index in [0.717, 1.165) is 32.5 Å². The Labute approximate surface area is 68.2 Å². The molecule has 0 saturated carbocycles. The topological polar surface area (TPSA) is 18.5 Å². The summed E-state index contributed by atoms with van der Waals surface area (Å²) in [7, 11) is 0. The highest BCUT2D eigenvalue weighted by Crippen LogP contribution is 2.08. The summed E-state index contributed by atoms with van der Waals surface area (Å²) in [6.45, 7) is 3.83. The molecule has 0 amide bonds. The number of ether oxygens (including phenoxy) is 2. The van der Waals surface area contributed by atoms with Gasteiger partial charge in [0, 0.05) is 6.42 Å². The maximum absolute atomic E-state index is 5.35. The van der Waals surface area contributed by atoms with E-state index < -0.39 is 0 Å². The van der Waals surface area contributed by atoms with Crippen LogP contribution in [-0.2, 0) is 9.47 Å². The van der Waals surface area contributed by atoms with E-state index in [0.29, 0.717) is 0 Å². The fourth-order valence-corrected chi connectivity index (χ4v) is 1.05. The molecule has 0 N–H and O–H groups in total. The van der Waals surface area contributed by atoms with Gasteiger partial charge in [-0.3, -0.25) is 0 Å². The van der Waals surface area contributed by atoms with Gasteiger partial charge in [-0.15, -0.1) is 0 Å². The summed E-state index contributed by atoms with van der Waals surface area (Å²) in [5, 5.41) is 0. The van der Waals surface area contributed by atoms with Gasteiger partial charge in [-0.25, -0.2) is 0 Å². The Morgan fingerprint density at radius 2 is 2.00 bits per heavy atom. The number of hydrogen-bond acceptors (Lipinski definition) is 2. The lowest BCUT2D eigenvalue weighted by atomic mass is 10.3. The van der Waals surface area contributed by atoms with E-state index in [9.17, 15) is 0 Å². The molecule has 0 aromatic rings. The van der Waals surface area contributed by atoms with E-state index in [2.05, 4.69) is 19.1 Å². The molecule has 1 heterocycles. The Hall–Kier alpha value is -0.340. The second-order valence-corrected chi connectivity index (χ2v) is 2.64. The first-order valence-corrected chi connectivity index (χ1v) is 4.31. The molecule has 1 saturated heterocycles. The maximum Gasteiger partial charge on any atom is 0.160 e. The largest absolute Gasteiger partial charge is 0.352 e. The molecule has 64 valence electrons. The van der Waals surface area contributed by atoms with Crippen LogP contribution in [0.4, 0.5) is 0 Å². The third kappa shape index (κ3) is 3.54. The van der Waals surface area contributed by atoms with Gasteiger partial charge in [-0.2, -0.15) is 0 Å². The predicted molar refractivity (Wildman–Crippen MR) is 44.4 cm³/mol. The first-order valence-electron chi connectivity index (χ1n) is 4.31. The van der Waals surface area contributed by atoms with Crippen LogP contribution in [0.1, 0.15) is 26.2 Å². The van der Waals surface area contributed by atoms with E-state index in [1.54, 1.807) is 0 Å². The van der Waals surface area contributed by atoms with Crippen molar-refractivity contribution in [3.63, 3.8) is 0 Å². The molecule has 0 atom stereocenters. The van der Waals surface area contributed by atoms with Crippen molar-refractivity contribution < 1.29 is 9.47 Å². The minimum atomic E-state index is 0.0200. The first kappa shape index (κ1) is 8.75. The first-order chi connectivity index (χ1) is 5.43. The lowest BCUT2D eigenvalue weighted by Crippen LogP contribution is -2.23. The molecule has 1 fully saturated rings. The normalized spacial score (nSPS) is 21.2. The molecule has 2 heteroatoms. The van der Waals surface area contributed by atoms with E-state index in [4.69, 9.17) is 9.47 Å². The highest BCUT2D eigenvalue weighted by molar-refractivity contribution is 4.81. The van der Waals surface area contributed by atoms with Gasteiger partial charge in [0.25, 0.3) is 0 Å². The smallest absolute Gasteiger partial charge is 0.160 e. The van der Waals surface area contributed by atoms with Crippen molar-refractivity contribution in [1.82, 2.24) is 0 Å². The fourth-order valence-electron chi connectivity index (χ4n) is 1.05. The van der Waals surface area contributed by atoms with E-state index in [1.807, 2.05) is 0 Å². The van der Waals surface area contributed by atoms with Gasteiger partial charge in [-0.05, 0) is 12.8 Å². The Bertz CT molecular complexity index is 115. The molecule has 0 radical (unpaired) electrons. The van der Waals surface area contributed by atoms with Crippen molar-refractivity contribution in [1.29, 1.82) is 0 Å². The van der Waals surface area contributed by atoms with Crippen LogP contribution in [0.25, 0.3) is 0 Å². The van der Waals surface area contributed by atoms with Crippen LogP contribution in [0.2, 0.25) is 0 Å². The van der Waals surface area contributed by atoms with Crippen LogP contribution in [0.5, 0.6) is 0 Å². The highest BCUT2D eigenvalue weighted by atomic mass is 16.7. The molecule has 11 heavy (non-hydrogen) atoms. The Morgan fingerprint density at radius 3 is 2.64 bits per heavy atom. The van der Waals surface area contributed by atoms with Gasteiger partial charge in [-0.1, -0.05) is 19.1 Å². The summed E-state index contributed by atoms with van der Waals surface area (Å²) in [6, 6.07) is 0. The van der Waals surface area contributed by atoms with Crippen molar-refractivity contribution in [3.05, 3.63) is 12.2 Å². The van der Waals surface area contributed by atoms with Crippen LogP contribution in [0.3, 0.4) is 0 Å². The summed E-state index contributed by atoms with van der Waals surface area (Å²) >= 11 is 0. The van der Waals surface area contributed by atoms with Crippen molar-refractivity contribution in [2.75, 3.05) is 13.2 Å². The number of rotatable bonds is 3. The van der Waals surface area contributed by atoms with E-state index >= 15 is 0 Å². The minimum Gasteiger partial charge on any atom is -0.352 e. The predicted octanol–water partition coefficient (Wildman–Crippen LogP) is 2.11. The molecular formula is C9H16O2. The van der Waals surface area contributed by atoms with E-state index in [1.165, 1.54) is 0 Å². The zero-order valence-electron chi connectivity index (χ0n) is 7.08. The summed E-state index contributed by atoms with van der Waals surface area (Å²) in [5.74, 6) is 0. The summed E-state index contributed by atoms with van der Waals surface area (Å²) in [4.78, 5) is 0. The molecule has 0 unspecified atom stereocenters. The quantitative estimate of drug-likeness (QED) is 0.582. The maximum atomic E-state index is 5.35. The van der Waals surface area contributed by atoms with Gasteiger partial charge in [0.1, 0.15) is 0 Å². The second-order valence-electron chi connectivity index (χ2n) is 2.64. The summed E-state index contributed by atoms with van der Waals surface area (Å²) < 4.78 is 10.7. The molecule has 0 aromatic carbocycles. The van der Waals surface area contributed by atoms with Crippen LogP contribution >= 0.6 is 0 Å². The van der Waals surface area contributed by atoms with Crippen molar-refractivity contribution in [2.24, 2.45) is 0 Å². The molecule has 0 spiro atoms. The van der Waals surface area contributed by atoms with Gasteiger partial charge in [0.15, 0.2) is 6.29 Å². The molecule has 1 aliphatic heterocycles. The molecule has 1 rings (SSSR count). The number of allylic oxidation sites excluding steroid dienone is 1. The average Bonchev–Trinajstić information content (AvgIpc) is 2.07. The van der Waals surface area contributed by atoms with Crippen molar-refractivity contribution >= 4 is 0 Å². The van der Waals surface area contributed by atoms with Crippen molar-refractivity contribution in [3.8, 4) is 0 Å². The number of hydrogen-bond donors (Lipinski definition) is 0. The zero-order chi connectivity index (χ0) is 7.94. The highest BCUT2D eigenvalue weighted by Gasteiger charge is 2.11. The Morgan fingerprint density at radius 1 is 1.27 bits per heavy atom. The molecule has 0 aliphatic carbocycles. The summed E-state index contributed by atoms with van der Waals surface area (Å²) in [5.41, 5.74) is 0. The van der Waals surface area contributed by atoms with Crippen LogP contribution in [0, 0.1) is 0 Å². The standard InChI is InChI=1S/C9H16O2/c1-2-3-4-6-9-10-7-5-8-11-9/h3-4,9H,2,5-8H2,1H3/b4-3-. The van der Waals surface area contributed by atoms with E-state index in [-0.39, 0.29) is 6.29 Å². The SMILES string of the molecule is CC/C=C\CC1OCCCO1. The van der Waals surface area contributed by atoms with Crippen LogP contribution in [-0.4, -0.2) is 19.5 Å². The Kier molecular flexibility index (Phi) is 4.24. The van der Waals surface area contributed by atoms with Crippen molar-refractivity contribution in [2.45, 2.75) is 32.5 Å². The van der Waals surface area contributed by atoms with Gasteiger partial charge < -0.3 is 9.47 Å². The van der Waals surface area contributed by atoms with Gasteiger partial charge >= 0.3 is 0 Å². The lowest BCUT2D eigenvalue weighted by molar-refractivity contribution is -0.175. The molecule has 0 aromatic heterocycles. The van der Waals surface area contributed by atoms with Gasteiger partial charge in [0.05, 0.1) is 13.2 Å². The van der Waals surface area contributed by atoms with Crippen LogP contribution in [0.15, 0.2) is 12.2 Å². The minimum absolute atomic E-state index is 0.0200. The lowest BCUT2D eigenvalue weighted by Gasteiger charge is -2.21. The molecule has 2 nitrogen and oxygen atoms in total. The van der Waals surface area contributed by atoms with Crippen LogP contribution < -0.4 is 0 Å². The zero-order valence-corrected chi connectivity index (χ0v) is 7.08.